The predicted molar refractivity (Wildman–Crippen MR) is 45.7 cm³/mol. The van der Waals surface area contributed by atoms with E-state index in [1.807, 2.05) is 20.8 Å². The molecule has 0 radical (unpaired) electrons. The minimum absolute atomic E-state index is 0.0846. The summed E-state index contributed by atoms with van der Waals surface area (Å²) in [7, 11) is 0. The highest BCUT2D eigenvalue weighted by Gasteiger charge is 2.20. The van der Waals surface area contributed by atoms with Crippen molar-refractivity contribution in [2.75, 3.05) is 0 Å². The van der Waals surface area contributed by atoms with Crippen molar-refractivity contribution < 1.29 is 4.39 Å². The molecule has 0 amide bonds. The Labute approximate surface area is 75.8 Å². The monoisotopic (exact) mass is 188 g/mol. The van der Waals surface area contributed by atoms with Crippen LogP contribution in [0.4, 0.5) is 4.39 Å². The summed E-state index contributed by atoms with van der Waals surface area (Å²) in [6.45, 7) is 5.61. The zero-order valence-electron chi connectivity index (χ0n) is 7.23. The summed E-state index contributed by atoms with van der Waals surface area (Å²) in [4.78, 5) is 7.36. The lowest BCUT2D eigenvalue weighted by Gasteiger charge is -2.17. The Bertz CT molecular complexity index is 294. The first-order valence-electron chi connectivity index (χ1n) is 3.60. The highest BCUT2D eigenvalue weighted by atomic mass is 35.5. The molecular weight excluding hydrogens is 179 g/mol. The second kappa shape index (κ2) is 2.98. The van der Waals surface area contributed by atoms with Crippen LogP contribution in [0.2, 0.25) is 5.28 Å². The molecule has 0 atom stereocenters. The van der Waals surface area contributed by atoms with Gasteiger partial charge in [0.1, 0.15) is 0 Å². The summed E-state index contributed by atoms with van der Waals surface area (Å²) >= 11 is 5.53. The molecule has 66 valence electrons. The number of aromatic nitrogens is 2. The van der Waals surface area contributed by atoms with E-state index in [1.54, 1.807) is 0 Å². The molecule has 0 spiro atoms. The van der Waals surface area contributed by atoms with E-state index < -0.39 is 5.82 Å². The van der Waals surface area contributed by atoms with Crippen molar-refractivity contribution in [1.29, 1.82) is 0 Å². The van der Waals surface area contributed by atoms with Crippen LogP contribution in [0.1, 0.15) is 26.5 Å². The molecule has 2 nitrogen and oxygen atoms in total. The van der Waals surface area contributed by atoms with Crippen LogP contribution in [0.5, 0.6) is 0 Å². The van der Waals surface area contributed by atoms with Crippen LogP contribution >= 0.6 is 11.6 Å². The largest absolute Gasteiger partial charge is 0.223 e. The fourth-order valence-corrected chi connectivity index (χ4v) is 1.00. The molecule has 1 aromatic heterocycles. The molecule has 1 aromatic rings. The molecule has 1 rings (SSSR count). The van der Waals surface area contributed by atoms with Gasteiger partial charge in [0.2, 0.25) is 5.28 Å². The third-order valence-electron chi connectivity index (χ3n) is 1.43. The molecule has 0 N–H and O–H groups in total. The molecule has 0 unspecified atom stereocenters. The van der Waals surface area contributed by atoms with Gasteiger partial charge in [-0.3, -0.25) is 0 Å². The fraction of sp³-hybridized carbons (Fsp3) is 0.500. The molecule has 0 aromatic carbocycles. The Morgan fingerprint density at radius 2 is 2.00 bits per heavy atom. The van der Waals surface area contributed by atoms with Gasteiger partial charge in [0, 0.05) is 5.41 Å². The minimum Gasteiger partial charge on any atom is -0.223 e. The average molecular weight is 189 g/mol. The summed E-state index contributed by atoms with van der Waals surface area (Å²) in [5, 5.41) is 0.0846. The fourth-order valence-electron chi connectivity index (χ4n) is 0.872. The Hall–Kier alpha value is -0.700. The van der Waals surface area contributed by atoms with E-state index >= 15 is 0 Å². The summed E-state index contributed by atoms with van der Waals surface area (Å²) in [6, 6.07) is 0. The van der Waals surface area contributed by atoms with Crippen LogP contribution in [0.3, 0.4) is 0 Å². The predicted octanol–water partition coefficient (Wildman–Crippen LogP) is 2.57. The van der Waals surface area contributed by atoms with Gasteiger partial charge in [-0.25, -0.2) is 14.4 Å². The number of nitrogens with zero attached hydrogens (tertiary/aromatic N) is 2. The summed E-state index contributed by atoms with van der Waals surface area (Å²) in [5.74, 6) is -0.410. The number of halogens is 2. The lowest BCUT2D eigenvalue weighted by atomic mass is 9.92. The topological polar surface area (TPSA) is 25.8 Å². The van der Waals surface area contributed by atoms with Gasteiger partial charge in [0.05, 0.1) is 11.9 Å². The average Bonchev–Trinajstić information content (AvgIpc) is 1.92. The van der Waals surface area contributed by atoms with E-state index in [2.05, 4.69) is 9.97 Å². The maximum atomic E-state index is 13.1. The van der Waals surface area contributed by atoms with E-state index in [0.717, 1.165) is 6.20 Å². The van der Waals surface area contributed by atoms with Crippen molar-refractivity contribution >= 4 is 11.6 Å². The lowest BCUT2D eigenvalue weighted by Crippen LogP contribution is -2.16. The Kier molecular flexibility index (Phi) is 2.33. The summed E-state index contributed by atoms with van der Waals surface area (Å²) in [5.41, 5.74) is 0.0129. The van der Waals surface area contributed by atoms with Crippen LogP contribution in [0.25, 0.3) is 0 Å². The summed E-state index contributed by atoms with van der Waals surface area (Å²) < 4.78 is 13.1. The van der Waals surface area contributed by atoms with Gasteiger partial charge < -0.3 is 0 Å². The molecule has 12 heavy (non-hydrogen) atoms. The maximum Gasteiger partial charge on any atom is 0.222 e. The first-order valence-corrected chi connectivity index (χ1v) is 3.97. The van der Waals surface area contributed by atoms with E-state index in [0.29, 0.717) is 5.69 Å². The van der Waals surface area contributed by atoms with Crippen LogP contribution in [-0.2, 0) is 5.41 Å². The van der Waals surface area contributed by atoms with Crippen LogP contribution in [0.15, 0.2) is 6.20 Å². The zero-order valence-corrected chi connectivity index (χ0v) is 7.98. The Morgan fingerprint density at radius 3 is 2.42 bits per heavy atom. The number of rotatable bonds is 0. The molecule has 0 aliphatic rings. The third kappa shape index (κ3) is 1.91. The van der Waals surface area contributed by atoms with Gasteiger partial charge >= 0.3 is 0 Å². The first kappa shape index (κ1) is 9.39. The van der Waals surface area contributed by atoms with E-state index in [-0.39, 0.29) is 10.7 Å². The molecule has 0 saturated heterocycles. The first-order chi connectivity index (χ1) is 5.41. The number of hydrogen-bond donors (Lipinski definition) is 0. The van der Waals surface area contributed by atoms with Gasteiger partial charge in [-0.15, -0.1) is 0 Å². The zero-order chi connectivity index (χ0) is 9.35. The Balaban J connectivity index is 3.23. The maximum absolute atomic E-state index is 13.1. The molecule has 1 heterocycles. The van der Waals surface area contributed by atoms with E-state index in [1.165, 1.54) is 0 Å². The molecule has 4 heteroatoms. The van der Waals surface area contributed by atoms with Crippen LogP contribution < -0.4 is 0 Å². The van der Waals surface area contributed by atoms with Gasteiger partial charge in [0.25, 0.3) is 0 Å². The van der Waals surface area contributed by atoms with Gasteiger partial charge in [-0.05, 0) is 11.6 Å². The van der Waals surface area contributed by atoms with E-state index in [4.69, 9.17) is 11.6 Å². The van der Waals surface area contributed by atoms with Crippen LogP contribution in [0, 0.1) is 5.82 Å². The third-order valence-corrected chi connectivity index (χ3v) is 1.61. The van der Waals surface area contributed by atoms with Gasteiger partial charge in [-0.1, -0.05) is 20.8 Å². The van der Waals surface area contributed by atoms with Crippen molar-refractivity contribution in [2.45, 2.75) is 26.2 Å². The van der Waals surface area contributed by atoms with Crippen molar-refractivity contribution in [3.63, 3.8) is 0 Å². The highest BCUT2D eigenvalue weighted by molar-refractivity contribution is 6.28. The minimum atomic E-state index is -0.410. The molecule has 0 aliphatic heterocycles. The van der Waals surface area contributed by atoms with Crippen molar-refractivity contribution in [1.82, 2.24) is 9.97 Å². The molecule has 0 bridgehead atoms. The SMILES string of the molecule is CC(C)(C)c1nc(Cl)ncc1F. The molecule has 0 aliphatic carbocycles. The van der Waals surface area contributed by atoms with Crippen molar-refractivity contribution in [3.05, 3.63) is 23.0 Å². The van der Waals surface area contributed by atoms with Gasteiger partial charge in [-0.2, -0.15) is 0 Å². The van der Waals surface area contributed by atoms with Crippen LogP contribution in [-0.4, -0.2) is 9.97 Å². The van der Waals surface area contributed by atoms with Crippen molar-refractivity contribution in [3.8, 4) is 0 Å². The van der Waals surface area contributed by atoms with E-state index in [9.17, 15) is 4.39 Å². The molecule has 0 fully saturated rings. The standard InChI is InChI=1S/C8H10ClFN2/c1-8(2,3)6-5(10)4-11-7(9)12-6/h4H,1-3H3. The normalized spacial score (nSPS) is 11.8. The van der Waals surface area contributed by atoms with Gasteiger partial charge in [0.15, 0.2) is 5.82 Å². The quantitative estimate of drug-likeness (QED) is 0.585. The number of hydrogen-bond acceptors (Lipinski definition) is 2. The highest BCUT2D eigenvalue weighted by Crippen LogP contribution is 2.22. The second-order valence-corrected chi connectivity index (χ2v) is 3.92. The van der Waals surface area contributed by atoms with Crippen molar-refractivity contribution in [2.24, 2.45) is 0 Å². The lowest BCUT2D eigenvalue weighted by molar-refractivity contribution is 0.498. The molecular formula is C8H10ClFN2. The smallest absolute Gasteiger partial charge is 0.222 e. The molecule has 0 saturated carbocycles. The second-order valence-electron chi connectivity index (χ2n) is 3.59. The summed E-state index contributed by atoms with van der Waals surface area (Å²) in [6.07, 6.45) is 1.09. The Morgan fingerprint density at radius 1 is 1.42 bits per heavy atom.